The van der Waals surface area contributed by atoms with Gasteiger partial charge in [0.25, 0.3) is 5.91 Å². The van der Waals surface area contributed by atoms with Crippen molar-refractivity contribution in [2.45, 2.75) is 0 Å². The van der Waals surface area contributed by atoms with Gasteiger partial charge in [-0.1, -0.05) is 6.07 Å². The van der Waals surface area contributed by atoms with Gasteiger partial charge in [0.15, 0.2) is 6.61 Å². The molecule has 24 heavy (non-hydrogen) atoms. The Morgan fingerprint density at radius 3 is 2.71 bits per heavy atom. The van der Waals surface area contributed by atoms with Gasteiger partial charge in [-0.15, -0.1) is 0 Å². The Morgan fingerprint density at radius 1 is 1.17 bits per heavy atom. The van der Waals surface area contributed by atoms with E-state index in [9.17, 15) is 9.59 Å². The number of methoxy groups -OCH3 is 1. The Labute approximate surface area is 137 Å². The Balaban J connectivity index is 1.68. The van der Waals surface area contributed by atoms with Crippen molar-refractivity contribution in [1.29, 1.82) is 0 Å². The monoisotopic (exact) mass is 325 g/mol. The van der Waals surface area contributed by atoms with E-state index in [2.05, 4.69) is 20.3 Å². The van der Waals surface area contributed by atoms with E-state index in [0.29, 0.717) is 17.0 Å². The summed E-state index contributed by atoms with van der Waals surface area (Å²) in [7, 11) is 1.30. The summed E-state index contributed by atoms with van der Waals surface area (Å²) in [4.78, 5) is 23.4. The van der Waals surface area contributed by atoms with E-state index < -0.39 is 5.97 Å². The van der Waals surface area contributed by atoms with Crippen LogP contribution in [0.15, 0.2) is 48.7 Å². The number of benzene rings is 2. The number of nitrogens with one attached hydrogen (secondary N) is 2. The zero-order chi connectivity index (χ0) is 16.9. The summed E-state index contributed by atoms with van der Waals surface area (Å²) in [5.41, 5.74) is 1.95. The first-order valence-corrected chi connectivity index (χ1v) is 7.20. The minimum atomic E-state index is -0.458. The lowest BCUT2D eigenvalue weighted by Crippen LogP contribution is -2.13. The predicted molar refractivity (Wildman–Crippen MR) is 88.0 cm³/mol. The molecular weight excluding hydrogens is 310 g/mol. The van der Waals surface area contributed by atoms with Crippen LogP contribution in [0.4, 0.5) is 5.69 Å². The van der Waals surface area contributed by atoms with E-state index in [1.807, 2.05) is 6.07 Å². The van der Waals surface area contributed by atoms with Crippen LogP contribution < -0.4 is 10.1 Å². The predicted octanol–water partition coefficient (Wildman–Crippen LogP) is 2.37. The maximum Gasteiger partial charge on any atom is 0.343 e. The molecule has 7 heteroatoms. The summed E-state index contributed by atoms with van der Waals surface area (Å²) >= 11 is 0. The summed E-state index contributed by atoms with van der Waals surface area (Å²) in [6.45, 7) is -0.162. The molecule has 0 saturated carbocycles. The second-order valence-corrected chi connectivity index (χ2v) is 4.98. The highest BCUT2D eigenvalue weighted by atomic mass is 16.6. The molecule has 7 nitrogen and oxygen atoms in total. The fourth-order valence-electron chi connectivity index (χ4n) is 2.20. The third-order valence-corrected chi connectivity index (χ3v) is 3.43. The van der Waals surface area contributed by atoms with Crippen LogP contribution >= 0.6 is 0 Å². The Hall–Kier alpha value is -3.35. The van der Waals surface area contributed by atoms with Crippen molar-refractivity contribution in [3.8, 4) is 5.75 Å². The first-order chi connectivity index (χ1) is 11.7. The highest BCUT2D eigenvalue weighted by Crippen LogP contribution is 2.19. The van der Waals surface area contributed by atoms with Crippen LogP contribution in [0, 0.1) is 0 Å². The second kappa shape index (κ2) is 6.82. The molecule has 3 rings (SSSR count). The third kappa shape index (κ3) is 3.35. The molecule has 0 unspecified atom stereocenters. The SMILES string of the molecule is COC(=O)COc1ccc(NC(=O)c2cccc3[nH]ncc23)cc1. The van der Waals surface area contributed by atoms with Crippen molar-refractivity contribution >= 4 is 28.5 Å². The lowest BCUT2D eigenvalue weighted by Gasteiger charge is -2.08. The molecule has 2 N–H and O–H groups in total. The van der Waals surface area contributed by atoms with Gasteiger partial charge in [-0.25, -0.2) is 4.79 Å². The number of amides is 1. The van der Waals surface area contributed by atoms with Gasteiger partial charge in [-0.3, -0.25) is 9.89 Å². The number of carbonyl (C=O) groups excluding carboxylic acids is 2. The first-order valence-electron chi connectivity index (χ1n) is 7.20. The van der Waals surface area contributed by atoms with Crippen LogP contribution in [0.2, 0.25) is 0 Å². The Kier molecular flexibility index (Phi) is 4.42. The zero-order valence-electron chi connectivity index (χ0n) is 12.9. The van der Waals surface area contributed by atoms with E-state index in [0.717, 1.165) is 10.9 Å². The van der Waals surface area contributed by atoms with Crippen molar-refractivity contribution < 1.29 is 19.1 Å². The van der Waals surface area contributed by atoms with Gasteiger partial charge < -0.3 is 14.8 Å². The first kappa shape index (κ1) is 15.5. The fourth-order valence-corrected chi connectivity index (χ4v) is 2.20. The Morgan fingerprint density at radius 2 is 1.96 bits per heavy atom. The zero-order valence-corrected chi connectivity index (χ0v) is 12.9. The number of hydrogen-bond acceptors (Lipinski definition) is 5. The summed E-state index contributed by atoms with van der Waals surface area (Å²) < 4.78 is 9.75. The van der Waals surface area contributed by atoms with Gasteiger partial charge in [0, 0.05) is 11.1 Å². The maximum absolute atomic E-state index is 12.4. The van der Waals surface area contributed by atoms with Crippen molar-refractivity contribution in [3.63, 3.8) is 0 Å². The Bertz CT molecular complexity index is 871. The quantitative estimate of drug-likeness (QED) is 0.702. The number of anilines is 1. The molecule has 2 aromatic carbocycles. The van der Waals surface area contributed by atoms with Crippen LogP contribution in [0.5, 0.6) is 5.75 Å². The topological polar surface area (TPSA) is 93.3 Å². The third-order valence-electron chi connectivity index (χ3n) is 3.43. The molecule has 0 aliphatic rings. The number of H-pyrrole nitrogens is 1. The molecule has 0 aliphatic carbocycles. The van der Waals surface area contributed by atoms with Gasteiger partial charge in [-0.05, 0) is 36.4 Å². The van der Waals surface area contributed by atoms with Gasteiger partial charge in [0.1, 0.15) is 5.75 Å². The number of nitrogens with zero attached hydrogens (tertiary/aromatic N) is 1. The van der Waals surface area contributed by atoms with Crippen LogP contribution in [-0.4, -0.2) is 35.8 Å². The lowest BCUT2D eigenvalue weighted by atomic mass is 10.1. The summed E-state index contributed by atoms with van der Waals surface area (Å²) in [5.74, 6) is -0.179. The van der Waals surface area contributed by atoms with Crippen LogP contribution in [0.3, 0.4) is 0 Å². The number of fused-ring (bicyclic) bond motifs is 1. The summed E-state index contributed by atoms with van der Waals surface area (Å²) in [6, 6.07) is 12.1. The molecular formula is C17H15N3O4. The van der Waals surface area contributed by atoms with E-state index in [4.69, 9.17) is 4.74 Å². The molecule has 122 valence electrons. The van der Waals surface area contributed by atoms with E-state index in [-0.39, 0.29) is 12.5 Å². The number of rotatable bonds is 5. The van der Waals surface area contributed by atoms with Gasteiger partial charge in [0.05, 0.1) is 24.4 Å². The van der Waals surface area contributed by atoms with Gasteiger partial charge >= 0.3 is 5.97 Å². The molecule has 1 heterocycles. The average Bonchev–Trinajstić information content (AvgIpc) is 3.09. The molecule has 0 radical (unpaired) electrons. The molecule has 0 bridgehead atoms. The number of hydrogen-bond donors (Lipinski definition) is 2. The molecule has 0 spiro atoms. The van der Waals surface area contributed by atoms with Crippen molar-refractivity contribution in [3.05, 3.63) is 54.2 Å². The van der Waals surface area contributed by atoms with Crippen LogP contribution in [-0.2, 0) is 9.53 Å². The molecule has 0 saturated heterocycles. The number of esters is 1. The minimum absolute atomic E-state index is 0.162. The van der Waals surface area contributed by atoms with E-state index in [1.165, 1.54) is 7.11 Å². The highest BCUT2D eigenvalue weighted by molar-refractivity contribution is 6.12. The number of ether oxygens (including phenoxy) is 2. The lowest BCUT2D eigenvalue weighted by molar-refractivity contribution is -0.142. The highest BCUT2D eigenvalue weighted by Gasteiger charge is 2.11. The molecule has 3 aromatic rings. The number of carbonyl (C=O) groups is 2. The smallest absolute Gasteiger partial charge is 0.343 e. The van der Waals surface area contributed by atoms with Crippen molar-refractivity contribution in [2.24, 2.45) is 0 Å². The standard InChI is InChI=1S/C17H15N3O4/c1-23-16(21)10-24-12-7-5-11(6-8-12)19-17(22)13-3-2-4-15-14(13)9-18-20-15/h2-9H,10H2,1H3,(H,18,20)(H,19,22). The number of aromatic nitrogens is 2. The molecule has 0 atom stereocenters. The van der Waals surface area contributed by atoms with Crippen molar-refractivity contribution in [2.75, 3.05) is 19.0 Å². The normalized spacial score (nSPS) is 10.4. The van der Waals surface area contributed by atoms with Gasteiger partial charge in [-0.2, -0.15) is 5.10 Å². The maximum atomic E-state index is 12.4. The van der Waals surface area contributed by atoms with Crippen molar-refractivity contribution in [1.82, 2.24) is 10.2 Å². The summed E-state index contributed by atoms with van der Waals surface area (Å²) in [5, 5.41) is 10.3. The largest absolute Gasteiger partial charge is 0.482 e. The van der Waals surface area contributed by atoms with Crippen LogP contribution in [0.1, 0.15) is 10.4 Å². The fraction of sp³-hybridized carbons (Fsp3) is 0.118. The summed E-state index contributed by atoms with van der Waals surface area (Å²) in [6.07, 6.45) is 1.62. The minimum Gasteiger partial charge on any atom is -0.482 e. The van der Waals surface area contributed by atoms with E-state index in [1.54, 1.807) is 42.6 Å². The average molecular weight is 325 g/mol. The number of aromatic amines is 1. The van der Waals surface area contributed by atoms with Gasteiger partial charge in [0.2, 0.25) is 0 Å². The molecule has 0 aliphatic heterocycles. The second-order valence-electron chi connectivity index (χ2n) is 4.98. The molecule has 1 amide bonds. The molecule has 0 fully saturated rings. The van der Waals surface area contributed by atoms with Crippen LogP contribution in [0.25, 0.3) is 10.9 Å². The van der Waals surface area contributed by atoms with E-state index >= 15 is 0 Å². The molecule has 1 aromatic heterocycles.